The Labute approximate surface area is 139 Å². The summed E-state index contributed by atoms with van der Waals surface area (Å²) in [4.78, 5) is 10.9. The number of unbranched alkanes of at least 4 members (excludes halogenated alkanes) is 5. The van der Waals surface area contributed by atoms with Crippen LogP contribution in [-0.4, -0.2) is 29.8 Å². The highest BCUT2D eigenvalue weighted by molar-refractivity contribution is 5.73. The van der Waals surface area contributed by atoms with Gasteiger partial charge in [0.2, 0.25) is 0 Å². The molecule has 4 nitrogen and oxygen atoms in total. The molecule has 1 aromatic rings. The van der Waals surface area contributed by atoms with Crippen molar-refractivity contribution in [2.24, 2.45) is 0 Å². The Morgan fingerprint density at radius 1 is 1.17 bits per heavy atom. The maximum absolute atomic E-state index is 10.9. The van der Waals surface area contributed by atoms with Crippen molar-refractivity contribution in [3.05, 3.63) is 29.8 Å². The standard InChI is InChI=1S/C19H29NO3/c1-2-3-4-5-6-7-8-15-9-11-16(12-10-15)23-17-13-18(19(21)22)20-14-17/h9-12,17-18,20H,2-8,13-14H2,1H3,(H,21,22)/t17-,18-/m0/s1. The van der Waals surface area contributed by atoms with Gasteiger partial charge in [0.1, 0.15) is 17.9 Å². The van der Waals surface area contributed by atoms with Gasteiger partial charge < -0.3 is 15.2 Å². The largest absolute Gasteiger partial charge is 0.489 e. The first-order valence-corrected chi connectivity index (χ1v) is 8.91. The number of benzene rings is 1. The van der Waals surface area contributed by atoms with E-state index in [4.69, 9.17) is 9.84 Å². The minimum Gasteiger partial charge on any atom is -0.489 e. The Balaban J connectivity index is 1.67. The van der Waals surface area contributed by atoms with Crippen LogP contribution in [0, 0.1) is 0 Å². The third kappa shape index (κ3) is 6.22. The van der Waals surface area contributed by atoms with Crippen molar-refractivity contribution < 1.29 is 14.6 Å². The molecule has 1 heterocycles. The first-order chi connectivity index (χ1) is 11.2. The van der Waals surface area contributed by atoms with Crippen LogP contribution in [0.15, 0.2) is 24.3 Å². The number of carbonyl (C=O) groups is 1. The van der Waals surface area contributed by atoms with Crippen LogP contribution in [0.25, 0.3) is 0 Å². The fraction of sp³-hybridized carbons (Fsp3) is 0.632. The van der Waals surface area contributed by atoms with Gasteiger partial charge in [0, 0.05) is 13.0 Å². The molecule has 1 aromatic carbocycles. The van der Waals surface area contributed by atoms with Gasteiger partial charge in [-0.25, -0.2) is 0 Å². The van der Waals surface area contributed by atoms with E-state index in [2.05, 4.69) is 24.4 Å². The lowest BCUT2D eigenvalue weighted by atomic mass is 10.0. The molecule has 23 heavy (non-hydrogen) atoms. The Morgan fingerprint density at radius 3 is 2.52 bits per heavy atom. The second-order valence-corrected chi connectivity index (χ2v) is 6.44. The zero-order valence-electron chi connectivity index (χ0n) is 14.1. The number of hydrogen-bond donors (Lipinski definition) is 2. The number of carboxylic acid groups (broad SMARTS) is 1. The summed E-state index contributed by atoms with van der Waals surface area (Å²) in [6.07, 6.45) is 9.49. The molecule has 0 spiro atoms. The summed E-state index contributed by atoms with van der Waals surface area (Å²) in [6.45, 7) is 2.84. The van der Waals surface area contributed by atoms with E-state index in [9.17, 15) is 4.79 Å². The van der Waals surface area contributed by atoms with Crippen LogP contribution in [-0.2, 0) is 11.2 Å². The van der Waals surface area contributed by atoms with E-state index in [-0.39, 0.29) is 6.10 Å². The number of carboxylic acids is 1. The minimum absolute atomic E-state index is 0.0551. The number of rotatable bonds is 10. The van der Waals surface area contributed by atoms with Gasteiger partial charge in [-0.1, -0.05) is 51.2 Å². The Morgan fingerprint density at radius 2 is 1.87 bits per heavy atom. The predicted molar refractivity (Wildman–Crippen MR) is 92.0 cm³/mol. The predicted octanol–water partition coefficient (Wildman–Crippen LogP) is 3.78. The van der Waals surface area contributed by atoms with Crippen molar-refractivity contribution >= 4 is 5.97 Å². The molecule has 1 saturated heterocycles. The van der Waals surface area contributed by atoms with Gasteiger partial charge in [0.25, 0.3) is 0 Å². The molecule has 1 aliphatic heterocycles. The van der Waals surface area contributed by atoms with Crippen LogP contribution in [0.4, 0.5) is 0 Å². The Bertz CT molecular complexity index is 472. The highest BCUT2D eigenvalue weighted by atomic mass is 16.5. The van der Waals surface area contributed by atoms with Crippen LogP contribution in [0.1, 0.15) is 57.4 Å². The van der Waals surface area contributed by atoms with E-state index in [1.807, 2.05) is 12.1 Å². The molecule has 128 valence electrons. The monoisotopic (exact) mass is 319 g/mol. The van der Waals surface area contributed by atoms with E-state index in [0.29, 0.717) is 13.0 Å². The zero-order valence-corrected chi connectivity index (χ0v) is 14.1. The normalized spacial score (nSPS) is 20.6. The van der Waals surface area contributed by atoms with Gasteiger partial charge in [0.15, 0.2) is 0 Å². The topological polar surface area (TPSA) is 58.6 Å². The SMILES string of the molecule is CCCCCCCCc1ccc(O[C@@H]2CN[C@H](C(=O)O)C2)cc1. The quantitative estimate of drug-likeness (QED) is 0.644. The first kappa shape index (κ1) is 17.8. The molecule has 0 bridgehead atoms. The van der Waals surface area contributed by atoms with Crippen molar-refractivity contribution in [1.82, 2.24) is 5.32 Å². The summed E-state index contributed by atoms with van der Waals surface area (Å²) in [6, 6.07) is 7.77. The van der Waals surface area contributed by atoms with Crippen LogP contribution >= 0.6 is 0 Å². The second kappa shape index (κ2) is 9.56. The smallest absolute Gasteiger partial charge is 0.320 e. The lowest BCUT2D eigenvalue weighted by Crippen LogP contribution is -2.30. The van der Waals surface area contributed by atoms with Crippen LogP contribution < -0.4 is 10.1 Å². The molecule has 0 aliphatic carbocycles. The minimum atomic E-state index is -0.801. The molecule has 4 heteroatoms. The van der Waals surface area contributed by atoms with E-state index >= 15 is 0 Å². The van der Waals surface area contributed by atoms with Crippen molar-refractivity contribution in [3.8, 4) is 5.75 Å². The number of nitrogens with one attached hydrogen (secondary N) is 1. The summed E-state index contributed by atoms with van der Waals surface area (Å²) >= 11 is 0. The molecule has 0 unspecified atom stereocenters. The van der Waals surface area contributed by atoms with E-state index in [1.165, 1.54) is 44.1 Å². The maximum Gasteiger partial charge on any atom is 0.320 e. The average molecular weight is 319 g/mol. The van der Waals surface area contributed by atoms with Crippen LogP contribution in [0.5, 0.6) is 5.75 Å². The first-order valence-electron chi connectivity index (χ1n) is 8.91. The van der Waals surface area contributed by atoms with E-state index in [1.54, 1.807) is 0 Å². The summed E-state index contributed by atoms with van der Waals surface area (Å²) < 4.78 is 5.85. The number of aliphatic carboxylic acids is 1. The molecule has 1 fully saturated rings. The molecule has 0 aromatic heterocycles. The second-order valence-electron chi connectivity index (χ2n) is 6.44. The molecule has 2 atom stereocenters. The zero-order chi connectivity index (χ0) is 16.5. The summed E-state index contributed by atoms with van der Waals surface area (Å²) in [5, 5.41) is 11.9. The molecule has 2 rings (SSSR count). The fourth-order valence-corrected chi connectivity index (χ4v) is 3.02. The average Bonchev–Trinajstić information content (AvgIpc) is 3.01. The molecule has 1 aliphatic rings. The third-order valence-electron chi connectivity index (χ3n) is 4.43. The summed E-state index contributed by atoms with van der Waals surface area (Å²) in [5.41, 5.74) is 1.35. The highest BCUT2D eigenvalue weighted by Gasteiger charge is 2.30. The molecule has 0 radical (unpaired) electrons. The molecule has 2 N–H and O–H groups in total. The molecule has 0 amide bonds. The van der Waals surface area contributed by atoms with Gasteiger partial charge in [-0.05, 0) is 30.5 Å². The lowest BCUT2D eigenvalue weighted by Gasteiger charge is -2.13. The van der Waals surface area contributed by atoms with Crippen molar-refractivity contribution in [2.75, 3.05) is 6.54 Å². The molecular weight excluding hydrogens is 290 g/mol. The molecule has 0 saturated carbocycles. The van der Waals surface area contributed by atoms with Gasteiger partial charge in [-0.3, -0.25) is 4.79 Å². The summed E-state index contributed by atoms with van der Waals surface area (Å²) in [5.74, 6) is 0.0277. The fourth-order valence-electron chi connectivity index (χ4n) is 3.02. The lowest BCUT2D eigenvalue weighted by molar-refractivity contribution is -0.139. The number of hydrogen-bond acceptors (Lipinski definition) is 3. The van der Waals surface area contributed by atoms with Crippen molar-refractivity contribution in [3.63, 3.8) is 0 Å². The molecular formula is C19H29NO3. The van der Waals surface area contributed by atoms with Gasteiger partial charge >= 0.3 is 5.97 Å². The van der Waals surface area contributed by atoms with Gasteiger partial charge in [-0.15, -0.1) is 0 Å². The number of aryl methyl sites for hydroxylation is 1. The van der Waals surface area contributed by atoms with E-state index < -0.39 is 12.0 Å². The number of ether oxygens (including phenoxy) is 1. The van der Waals surface area contributed by atoms with Crippen LogP contribution in [0.3, 0.4) is 0 Å². The van der Waals surface area contributed by atoms with E-state index in [0.717, 1.165) is 12.2 Å². The van der Waals surface area contributed by atoms with Crippen molar-refractivity contribution in [1.29, 1.82) is 0 Å². The summed E-state index contributed by atoms with van der Waals surface area (Å²) in [7, 11) is 0. The highest BCUT2D eigenvalue weighted by Crippen LogP contribution is 2.19. The Hall–Kier alpha value is -1.55. The Kier molecular flexibility index (Phi) is 7.40. The van der Waals surface area contributed by atoms with Crippen molar-refractivity contribution in [2.45, 2.75) is 70.4 Å². The maximum atomic E-state index is 10.9. The van der Waals surface area contributed by atoms with Gasteiger partial charge in [0.05, 0.1) is 0 Å². The van der Waals surface area contributed by atoms with Gasteiger partial charge in [-0.2, -0.15) is 0 Å². The van der Waals surface area contributed by atoms with Crippen LogP contribution in [0.2, 0.25) is 0 Å². The third-order valence-corrected chi connectivity index (χ3v) is 4.43.